The van der Waals surface area contributed by atoms with Gasteiger partial charge in [0.05, 0.1) is 5.56 Å². The van der Waals surface area contributed by atoms with E-state index in [4.69, 9.17) is 0 Å². The van der Waals surface area contributed by atoms with Crippen LogP contribution < -0.4 is 0 Å². The zero-order valence-corrected chi connectivity index (χ0v) is 18.9. The molecule has 4 aromatic rings. The Balaban J connectivity index is 1.67. The largest absolute Gasteiger partial charge is 0.271 e. The van der Waals surface area contributed by atoms with Crippen molar-refractivity contribution in [1.29, 1.82) is 0 Å². The third kappa shape index (κ3) is 5.26. The van der Waals surface area contributed by atoms with Gasteiger partial charge in [0.1, 0.15) is 23.3 Å². The van der Waals surface area contributed by atoms with E-state index < -0.39 is 34.9 Å². The molecule has 0 saturated carbocycles. The number of aryl methyl sites for hydroxylation is 1. The summed E-state index contributed by atoms with van der Waals surface area (Å²) >= 11 is 0. The summed E-state index contributed by atoms with van der Waals surface area (Å²) in [5, 5.41) is 0.0304. The highest BCUT2D eigenvalue weighted by molar-refractivity contribution is 5.90. The minimum absolute atomic E-state index is 0.0687. The average molecular weight is 484 g/mol. The number of fused-ring (bicyclic) bond motifs is 1. The number of halogens is 6. The van der Waals surface area contributed by atoms with Crippen LogP contribution in [0.25, 0.3) is 39.1 Å². The van der Waals surface area contributed by atoms with Crippen LogP contribution in [0.5, 0.6) is 0 Å². The molecule has 0 unspecified atom stereocenters. The molecule has 0 aliphatic carbocycles. The summed E-state index contributed by atoms with van der Waals surface area (Å²) in [6, 6.07) is 14.2. The summed E-state index contributed by atoms with van der Waals surface area (Å²) in [7, 11) is 0. The fourth-order valence-electron chi connectivity index (χ4n) is 4.20. The molecule has 0 nitrogen and oxygen atoms in total. The Morgan fingerprint density at radius 2 is 1.37 bits per heavy atom. The van der Waals surface area contributed by atoms with Crippen molar-refractivity contribution in [2.24, 2.45) is 0 Å². The van der Waals surface area contributed by atoms with Crippen molar-refractivity contribution in [3.63, 3.8) is 0 Å². The highest BCUT2D eigenvalue weighted by Gasteiger charge is 2.16. The van der Waals surface area contributed by atoms with Crippen molar-refractivity contribution in [3.8, 4) is 22.3 Å². The first-order chi connectivity index (χ1) is 16.8. The molecule has 0 aliphatic heterocycles. The van der Waals surface area contributed by atoms with Crippen LogP contribution in [0.1, 0.15) is 37.3 Å². The Kier molecular flexibility index (Phi) is 7.29. The molecule has 0 aromatic heterocycles. The topological polar surface area (TPSA) is 0 Å². The second-order valence-electron chi connectivity index (χ2n) is 8.42. The quantitative estimate of drug-likeness (QED) is 0.181. The maximum absolute atomic E-state index is 15.0. The lowest BCUT2D eigenvalue weighted by molar-refractivity contribution is 0.428. The van der Waals surface area contributed by atoms with E-state index in [1.165, 1.54) is 36.4 Å². The zero-order chi connectivity index (χ0) is 25.1. The van der Waals surface area contributed by atoms with E-state index in [0.717, 1.165) is 37.3 Å². The Hall–Kier alpha value is -3.54. The zero-order valence-electron chi connectivity index (χ0n) is 18.9. The van der Waals surface area contributed by atoms with Crippen LogP contribution in [0, 0.1) is 23.3 Å². The number of hydrogen-bond donors (Lipinski definition) is 0. The summed E-state index contributed by atoms with van der Waals surface area (Å²) in [4.78, 5) is 0. The van der Waals surface area contributed by atoms with Crippen LogP contribution in [0.15, 0.2) is 66.7 Å². The average Bonchev–Trinajstić information content (AvgIpc) is 2.81. The first-order valence-electron chi connectivity index (χ1n) is 11.3. The van der Waals surface area contributed by atoms with Crippen LogP contribution >= 0.6 is 0 Å². The van der Waals surface area contributed by atoms with Gasteiger partial charge in [-0.25, -0.2) is 17.6 Å². The summed E-state index contributed by atoms with van der Waals surface area (Å²) in [6.45, 7) is 2.10. The van der Waals surface area contributed by atoms with Crippen molar-refractivity contribution >= 4 is 16.8 Å². The Bertz CT molecular complexity index is 1420. The maximum Gasteiger partial charge on any atom is 0.271 e. The summed E-state index contributed by atoms with van der Waals surface area (Å²) < 4.78 is 83.6. The molecule has 4 rings (SSSR count). The van der Waals surface area contributed by atoms with Gasteiger partial charge in [-0.3, -0.25) is 0 Å². The van der Waals surface area contributed by atoms with E-state index in [-0.39, 0.29) is 28.0 Å². The van der Waals surface area contributed by atoms with E-state index in [9.17, 15) is 22.0 Å². The van der Waals surface area contributed by atoms with E-state index >= 15 is 4.39 Å². The predicted octanol–water partition coefficient (Wildman–Crippen LogP) is 9.70. The molecule has 6 heteroatoms. The number of rotatable bonds is 7. The summed E-state index contributed by atoms with van der Waals surface area (Å²) in [5.74, 6) is -3.33. The van der Waals surface area contributed by atoms with Gasteiger partial charge in [0.2, 0.25) is 0 Å². The first kappa shape index (κ1) is 24.6. The van der Waals surface area contributed by atoms with Gasteiger partial charge in [-0.2, -0.15) is 8.78 Å². The SMILES string of the molecule is CCCCCc1ccc(-c2ccc(-c3ccc4c(F)c(C=C(F)F)c(F)cc4c3)c(F)c2)c(F)c1. The number of unbranched alkanes of at least 4 members (excludes halogenated alkanes) is 2. The molecule has 35 heavy (non-hydrogen) atoms. The lowest BCUT2D eigenvalue weighted by atomic mass is 9.96. The smallest absolute Gasteiger partial charge is 0.206 e. The lowest BCUT2D eigenvalue weighted by Gasteiger charge is -2.11. The van der Waals surface area contributed by atoms with Gasteiger partial charge < -0.3 is 0 Å². The van der Waals surface area contributed by atoms with Gasteiger partial charge in [0, 0.05) is 22.6 Å². The van der Waals surface area contributed by atoms with Gasteiger partial charge in [0.25, 0.3) is 6.08 Å². The fraction of sp³-hybridized carbons (Fsp3) is 0.172. The molecular weight excluding hydrogens is 462 g/mol. The molecule has 4 aromatic carbocycles. The van der Waals surface area contributed by atoms with E-state index in [2.05, 4.69) is 6.92 Å². The van der Waals surface area contributed by atoms with Crippen LogP contribution in [0.3, 0.4) is 0 Å². The summed E-state index contributed by atoms with van der Waals surface area (Å²) in [5.41, 5.74) is 1.20. The molecular formula is C29H22F6. The Labute approximate surface area is 199 Å². The molecule has 0 bridgehead atoms. The van der Waals surface area contributed by atoms with E-state index in [0.29, 0.717) is 11.1 Å². The van der Waals surface area contributed by atoms with Gasteiger partial charge in [-0.1, -0.05) is 56.2 Å². The molecule has 0 spiro atoms. The van der Waals surface area contributed by atoms with Crippen LogP contribution in [0.4, 0.5) is 26.3 Å². The van der Waals surface area contributed by atoms with Gasteiger partial charge in [0.15, 0.2) is 0 Å². The van der Waals surface area contributed by atoms with Crippen LogP contribution in [0.2, 0.25) is 0 Å². The normalized spacial score (nSPS) is 11.2. The van der Waals surface area contributed by atoms with Crippen LogP contribution in [-0.2, 0) is 6.42 Å². The van der Waals surface area contributed by atoms with Crippen molar-refractivity contribution in [2.45, 2.75) is 32.6 Å². The van der Waals surface area contributed by atoms with Crippen molar-refractivity contribution in [1.82, 2.24) is 0 Å². The van der Waals surface area contributed by atoms with E-state index in [1.54, 1.807) is 12.1 Å². The van der Waals surface area contributed by atoms with E-state index in [1.807, 2.05) is 6.07 Å². The fourth-order valence-corrected chi connectivity index (χ4v) is 4.20. The third-order valence-corrected chi connectivity index (χ3v) is 6.01. The van der Waals surface area contributed by atoms with Gasteiger partial charge >= 0.3 is 0 Å². The highest BCUT2D eigenvalue weighted by atomic mass is 19.3. The predicted molar refractivity (Wildman–Crippen MR) is 128 cm³/mol. The lowest BCUT2D eigenvalue weighted by Crippen LogP contribution is -1.94. The van der Waals surface area contributed by atoms with Crippen molar-refractivity contribution in [2.75, 3.05) is 0 Å². The molecule has 0 heterocycles. The highest BCUT2D eigenvalue weighted by Crippen LogP contribution is 2.33. The summed E-state index contributed by atoms with van der Waals surface area (Å²) in [6.07, 6.45) is 1.81. The van der Waals surface area contributed by atoms with Crippen molar-refractivity contribution < 1.29 is 26.3 Å². The number of benzene rings is 4. The number of hydrogen-bond acceptors (Lipinski definition) is 0. The Morgan fingerprint density at radius 1 is 0.714 bits per heavy atom. The molecule has 0 amide bonds. The van der Waals surface area contributed by atoms with Gasteiger partial charge in [-0.05, 0) is 59.2 Å². The third-order valence-electron chi connectivity index (χ3n) is 6.01. The minimum Gasteiger partial charge on any atom is -0.206 e. The molecule has 180 valence electrons. The monoisotopic (exact) mass is 484 g/mol. The first-order valence-corrected chi connectivity index (χ1v) is 11.3. The standard InChI is InChI=1S/C29H22F6/c1-2-3-4-5-17-6-9-21(25(30)12-17)19-7-10-22(26(31)14-19)18-8-11-23-20(13-18)15-27(32)24(29(23)35)16-28(33)34/h6-16H,2-5H2,1H3. The second kappa shape index (κ2) is 10.4. The maximum atomic E-state index is 15.0. The second-order valence-corrected chi connectivity index (χ2v) is 8.42. The molecule has 0 aliphatic rings. The van der Waals surface area contributed by atoms with Crippen molar-refractivity contribution in [3.05, 3.63) is 101 Å². The van der Waals surface area contributed by atoms with Crippen LogP contribution in [-0.4, -0.2) is 0 Å². The minimum atomic E-state index is -2.22. The van der Waals surface area contributed by atoms with Gasteiger partial charge in [-0.15, -0.1) is 0 Å². The Morgan fingerprint density at radius 3 is 2.03 bits per heavy atom. The molecule has 0 fully saturated rings. The molecule has 0 atom stereocenters. The molecule has 0 saturated heterocycles. The molecule has 0 N–H and O–H groups in total. The molecule has 0 radical (unpaired) electrons.